The van der Waals surface area contributed by atoms with Gasteiger partial charge in [0.2, 0.25) is 6.79 Å². The Morgan fingerprint density at radius 2 is 1.86 bits per heavy atom. The quantitative estimate of drug-likeness (QED) is 0.911. The third-order valence-electron chi connectivity index (χ3n) is 3.66. The predicted molar refractivity (Wildman–Crippen MR) is 70.5 cm³/mol. The van der Waals surface area contributed by atoms with Crippen molar-refractivity contribution in [1.82, 2.24) is 10.4 Å². The fraction of sp³-hybridized carbons (Fsp3) is 0.500. The van der Waals surface area contributed by atoms with E-state index in [1.807, 2.05) is 0 Å². The summed E-state index contributed by atoms with van der Waals surface area (Å²) in [5.74, 6) is -0.994. The predicted octanol–water partition coefficient (Wildman–Crippen LogP) is 2.56. The average molecular weight is 316 g/mol. The van der Waals surface area contributed by atoms with Gasteiger partial charge < -0.3 is 9.47 Å². The number of rotatable bonds is 2. The minimum absolute atomic E-state index is 0.0568. The molecule has 0 spiro atoms. The zero-order valence-electron chi connectivity index (χ0n) is 11.7. The number of nitrogens with one attached hydrogen (secondary N) is 1. The van der Waals surface area contributed by atoms with Crippen LogP contribution in [0.2, 0.25) is 0 Å². The summed E-state index contributed by atoms with van der Waals surface area (Å²) in [6.45, 7) is 1.11. The van der Waals surface area contributed by atoms with Crippen LogP contribution < -0.4 is 14.9 Å². The smallest absolute Gasteiger partial charge is 0.420 e. The first-order valence-electron chi connectivity index (χ1n) is 7.02. The zero-order valence-corrected chi connectivity index (χ0v) is 11.7. The van der Waals surface area contributed by atoms with Crippen molar-refractivity contribution in [2.75, 3.05) is 19.9 Å². The Labute approximate surface area is 125 Å². The van der Waals surface area contributed by atoms with Crippen molar-refractivity contribution in [2.24, 2.45) is 0 Å². The van der Waals surface area contributed by atoms with Crippen LogP contribution in [-0.4, -0.2) is 30.8 Å². The van der Waals surface area contributed by atoms with Gasteiger partial charge in [-0.05, 0) is 25.0 Å². The number of halogens is 3. The molecule has 120 valence electrons. The Balaban J connectivity index is 1.85. The summed E-state index contributed by atoms with van der Waals surface area (Å²) in [7, 11) is 0. The van der Waals surface area contributed by atoms with Crippen molar-refractivity contribution in [3.63, 3.8) is 0 Å². The first-order chi connectivity index (χ1) is 10.4. The van der Waals surface area contributed by atoms with Gasteiger partial charge in [0.15, 0.2) is 11.5 Å². The second-order valence-electron chi connectivity index (χ2n) is 5.24. The molecule has 1 fully saturated rings. The topological polar surface area (TPSA) is 50.8 Å². The van der Waals surface area contributed by atoms with E-state index in [1.54, 1.807) is 5.01 Å². The molecular weight excluding hydrogens is 301 g/mol. The van der Waals surface area contributed by atoms with E-state index in [4.69, 9.17) is 9.47 Å². The summed E-state index contributed by atoms with van der Waals surface area (Å²) >= 11 is 0. The molecule has 1 aromatic rings. The van der Waals surface area contributed by atoms with E-state index in [2.05, 4.69) is 5.43 Å². The average Bonchev–Trinajstić information content (AvgIpc) is 2.94. The van der Waals surface area contributed by atoms with Crippen molar-refractivity contribution in [1.29, 1.82) is 0 Å². The van der Waals surface area contributed by atoms with Crippen LogP contribution in [0.3, 0.4) is 0 Å². The van der Waals surface area contributed by atoms with Gasteiger partial charge in [0, 0.05) is 18.7 Å². The Bertz CT molecular complexity index is 583. The van der Waals surface area contributed by atoms with Gasteiger partial charge in [0.25, 0.3) is 5.91 Å². The molecular formula is C14H15F3N2O3. The van der Waals surface area contributed by atoms with Gasteiger partial charge in [0.05, 0.1) is 0 Å². The van der Waals surface area contributed by atoms with Gasteiger partial charge >= 0.3 is 6.18 Å². The van der Waals surface area contributed by atoms with E-state index in [0.717, 1.165) is 25.3 Å². The Hall–Kier alpha value is -1.96. The number of piperidine rings is 1. The highest BCUT2D eigenvalue weighted by molar-refractivity contribution is 5.95. The lowest BCUT2D eigenvalue weighted by Gasteiger charge is -2.26. The van der Waals surface area contributed by atoms with Gasteiger partial charge in [-0.25, -0.2) is 5.01 Å². The van der Waals surface area contributed by atoms with E-state index in [9.17, 15) is 18.0 Å². The maximum absolute atomic E-state index is 13.1. The number of amides is 1. The molecule has 0 radical (unpaired) electrons. The molecule has 5 nitrogen and oxygen atoms in total. The van der Waals surface area contributed by atoms with E-state index >= 15 is 0 Å². The van der Waals surface area contributed by atoms with E-state index in [1.165, 1.54) is 6.07 Å². The van der Waals surface area contributed by atoms with E-state index in [-0.39, 0.29) is 23.9 Å². The molecule has 8 heteroatoms. The van der Waals surface area contributed by atoms with Crippen LogP contribution in [0.15, 0.2) is 12.1 Å². The fourth-order valence-electron chi connectivity index (χ4n) is 2.57. The van der Waals surface area contributed by atoms with E-state index in [0.29, 0.717) is 13.1 Å². The highest BCUT2D eigenvalue weighted by atomic mass is 19.4. The van der Waals surface area contributed by atoms with Crippen molar-refractivity contribution < 1.29 is 27.4 Å². The van der Waals surface area contributed by atoms with Gasteiger partial charge in [-0.2, -0.15) is 13.2 Å². The van der Waals surface area contributed by atoms with Gasteiger partial charge in [0.1, 0.15) is 5.56 Å². The maximum atomic E-state index is 13.1. The molecule has 1 N–H and O–H groups in total. The number of ether oxygens (including phenoxy) is 2. The molecule has 1 aromatic carbocycles. The highest BCUT2D eigenvalue weighted by Gasteiger charge is 2.38. The molecule has 0 unspecified atom stereocenters. The second kappa shape index (κ2) is 5.68. The molecule has 2 aliphatic heterocycles. The van der Waals surface area contributed by atoms with Crippen LogP contribution in [0.4, 0.5) is 13.2 Å². The molecule has 0 atom stereocenters. The van der Waals surface area contributed by atoms with Crippen LogP contribution in [0.1, 0.15) is 35.2 Å². The molecule has 0 aromatic heterocycles. The number of hydrazine groups is 1. The molecule has 3 rings (SSSR count). The molecule has 1 saturated heterocycles. The first kappa shape index (κ1) is 15.0. The fourth-order valence-corrected chi connectivity index (χ4v) is 2.57. The highest BCUT2D eigenvalue weighted by Crippen LogP contribution is 2.44. The molecule has 2 heterocycles. The van der Waals surface area contributed by atoms with Gasteiger partial charge in [-0.15, -0.1) is 0 Å². The summed E-state index contributed by atoms with van der Waals surface area (Å²) in [6, 6.07) is 2.07. The lowest BCUT2D eigenvalue weighted by atomic mass is 10.1. The maximum Gasteiger partial charge on any atom is 0.420 e. The molecule has 0 bridgehead atoms. The van der Waals surface area contributed by atoms with Crippen molar-refractivity contribution in [2.45, 2.75) is 25.4 Å². The summed E-state index contributed by atoms with van der Waals surface area (Å²) in [5, 5.41) is 1.73. The minimum atomic E-state index is -4.61. The first-order valence-corrected chi connectivity index (χ1v) is 7.02. The van der Waals surface area contributed by atoms with Crippen LogP contribution in [0.25, 0.3) is 0 Å². The Morgan fingerprint density at radius 1 is 1.14 bits per heavy atom. The van der Waals surface area contributed by atoms with Crippen LogP contribution in [0, 0.1) is 0 Å². The summed E-state index contributed by atoms with van der Waals surface area (Å²) in [5.41, 5.74) is 1.55. The Morgan fingerprint density at radius 3 is 2.55 bits per heavy atom. The normalized spacial score (nSPS) is 18.3. The standard InChI is InChI=1S/C14H15F3N2O3/c15-14(16,17)10-6-9(7-11-12(10)22-8-21-11)13(20)18-19-4-2-1-3-5-19/h6-7H,1-5,8H2,(H,18,20). The number of alkyl halides is 3. The molecule has 2 aliphatic rings. The number of carbonyl (C=O) groups excluding carboxylic acids is 1. The lowest BCUT2D eigenvalue weighted by molar-refractivity contribution is -0.138. The van der Waals surface area contributed by atoms with Crippen molar-refractivity contribution in [3.8, 4) is 11.5 Å². The minimum Gasteiger partial charge on any atom is -0.454 e. The summed E-state index contributed by atoms with van der Waals surface area (Å²) in [6.07, 6.45) is -1.61. The van der Waals surface area contributed by atoms with Gasteiger partial charge in [-0.1, -0.05) is 6.42 Å². The van der Waals surface area contributed by atoms with Crippen molar-refractivity contribution >= 4 is 5.91 Å². The van der Waals surface area contributed by atoms with Crippen molar-refractivity contribution in [3.05, 3.63) is 23.3 Å². The summed E-state index contributed by atoms with van der Waals surface area (Å²) in [4.78, 5) is 12.2. The molecule has 1 amide bonds. The van der Waals surface area contributed by atoms with Crippen LogP contribution >= 0.6 is 0 Å². The number of benzene rings is 1. The SMILES string of the molecule is O=C(NN1CCCCC1)c1cc2c(c(C(F)(F)F)c1)OCO2. The number of fused-ring (bicyclic) bond motifs is 1. The Kier molecular flexibility index (Phi) is 3.86. The third kappa shape index (κ3) is 2.96. The van der Waals surface area contributed by atoms with E-state index < -0.39 is 17.6 Å². The second-order valence-corrected chi connectivity index (χ2v) is 5.24. The number of carbonyl (C=O) groups is 1. The van der Waals surface area contributed by atoms with Crippen LogP contribution in [0.5, 0.6) is 11.5 Å². The third-order valence-corrected chi connectivity index (χ3v) is 3.66. The van der Waals surface area contributed by atoms with Gasteiger partial charge in [-0.3, -0.25) is 10.2 Å². The lowest BCUT2D eigenvalue weighted by Crippen LogP contribution is -2.45. The number of hydrogen-bond donors (Lipinski definition) is 1. The number of hydrogen-bond acceptors (Lipinski definition) is 4. The largest absolute Gasteiger partial charge is 0.454 e. The zero-order chi connectivity index (χ0) is 15.7. The summed E-state index contributed by atoms with van der Waals surface area (Å²) < 4.78 is 49.1. The monoisotopic (exact) mass is 316 g/mol. The van der Waals surface area contributed by atoms with Crippen LogP contribution in [-0.2, 0) is 6.18 Å². The molecule has 22 heavy (non-hydrogen) atoms. The number of nitrogens with zero attached hydrogens (tertiary/aromatic N) is 1. The molecule has 0 saturated carbocycles. The molecule has 0 aliphatic carbocycles.